The number of nitrogens with two attached hydrogens (primary N) is 1. The maximum absolute atomic E-state index is 11.6. The molecule has 1 aromatic rings. The first-order valence-electron chi connectivity index (χ1n) is 5.41. The van der Waals surface area contributed by atoms with Crippen molar-refractivity contribution in [3.63, 3.8) is 0 Å². The summed E-state index contributed by atoms with van der Waals surface area (Å²) < 4.78 is 6.21. The van der Waals surface area contributed by atoms with Gasteiger partial charge in [0, 0.05) is 13.1 Å². The number of nitrogens with one attached hydrogen (secondary N) is 1. The van der Waals surface area contributed by atoms with E-state index in [1.165, 1.54) is 10.9 Å². The first-order valence-corrected chi connectivity index (χ1v) is 5.79. The molecule has 0 bridgehead atoms. The molecule has 0 saturated heterocycles. The topological polar surface area (TPSA) is 99.2 Å². The molecular formula is C10H15ClN4O3. The van der Waals surface area contributed by atoms with E-state index in [-0.39, 0.29) is 23.8 Å². The highest BCUT2D eigenvalue weighted by Crippen LogP contribution is 2.14. The molecule has 0 atom stereocenters. The molecule has 0 aromatic carbocycles. The fourth-order valence-corrected chi connectivity index (χ4v) is 1.46. The first kappa shape index (κ1) is 14.5. The zero-order valence-electron chi connectivity index (χ0n) is 9.98. The standard InChI is InChI=1S/C10H15ClN4O3/c1-2-15-10(17)9(11)7(5-14-15)13-3-4-18-6-8(12)16/h5,13H,2-4,6H2,1H3,(H2,12,16). The van der Waals surface area contributed by atoms with Crippen LogP contribution >= 0.6 is 11.6 Å². The lowest BCUT2D eigenvalue weighted by atomic mass is 10.4. The summed E-state index contributed by atoms with van der Waals surface area (Å²) in [6.07, 6.45) is 1.47. The predicted molar refractivity (Wildman–Crippen MR) is 67.7 cm³/mol. The number of halogens is 1. The van der Waals surface area contributed by atoms with Crippen LogP contribution in [-0.2, 0) is 16.1 Å². The summed E-state index contributed by atoms with van der Waals surface area (Å²) in [5, 5.41) is 6.91. The molecule has 0 aliphatic heterocycles. The van der Waals surface area contributed by atoms with Crippen LogP contribution < -0.4 is 16.6 Å². The van der Waals surface area contributed by atoms with Crippen LogP contribution in [-0.4, -0.2) is 35.4 Å². The lowest BCUT2D eigenvalue weighted by Crippen LogP contribution is -2.24. The normalized spacial score (nSPS) is 10.3. The second-order valence-electron chi connectivity index (χ2n) is 3.44. The van der Waals surface area contributed by atoms with Crippen molar-refractivity contribution in [2.75, 3.05) is 25.1 Å². The number of hydrogen-bond acceptors (Lipinski definition) is 5. The van der Waals surface area contributed by atoms with Crippen LogP contribution in [0.15, 0.2) is 11.0 Å². The summed E-state index contributed by atoms with van der Waals surface area (Å²) in [4.78, 5) is 22.0. The van der Waals surface area contributed by atoms with Crippen molar-refractivity contribution >= 4 is 23.2 Å². The monoisotopic (exact) mass is 274 g/mol. The Morgan fingerprint density at radius 2 is 2.39 bits per heavy atom. The number of aromatic nitrogens is 2. The highest BCUT2D eigenvalue weighted by molar-refractivity contribution is 6.32. The molecular weight excluding hydrogens is 260 g/mol. The highest BCUT2D eigenvalue weighted by atomic mass is 35.5. The summed E-state index contributed by atoms with van der Waals surface area (Å²) in [6, 6.07) is 0. The Kier molecular flexibility index (Phi) is 5.60. The van der Waals surface area contributed by atoms with E-state index in [0.717, 1.165) is 0 Å². The van der Waals surface area contributed by atoms with Gasteiger partial charge in [0.1, 0.15) is 11.6 Å². The van der Waals surface area contributed by atoms with Crippen LogP contribution in [0, 0.1) is 0 Å². The van der Waals surface area contributed by atoms with E-state index < -0.39 is 5.91 Å². The van der Waals surface area contributed by atoms with Gasteiger partial charge in [0.15, 0.2) is 0 Å². The quantitative estimate of drug-likeness (QED) is 0.673. The molecule has 7 nitrogen and oxygen atoms in total. The molecule has 18 heavy (non-hydrogen) atoms. The van der Waals surface area contributed by atoms with Gasteiger partial charge in [-0.25, -0.2) is 4.68 Å². The van der Waals surface area contributed by atoms with Crippen LogP contribution in [0.5, 0.6) is 0 Å². The van der Waals surface area contributed by atoms with Gasteiger partial charge in [-0.1, -0.05) is 11.6 Å². The average molecular weight is 275 g/mol. The Balaban J connectivity index is 2.51. The minimum atomic E-state index is -0.528. The molecule has 8 heteroatoms. The summed E-state index contributed by atoms with van der Waals surface area (Å²) in [6.45, 7) is 2.79. The summed E-state index contributed by atoms with van der Waals surface area (Å²) >= 11 is 5.89. The molecule has 0 unspecified atom stereocenters. The van der Waals surface area contributed by atoms with Crippen molar-refractivity contribution in [1.82, 2.24) is 9.78 Å². The van der Waals surface area contributed by atoms with Gasteiger partial charge < -0.3 is 15.8 Å². The molecule has 0 fully saturated rings. The molecule has 0 radical (unpaired) electrons. The van der Waals surface area contributed by atoms with Gasteiger partial charge in [-0.2, -0.15) is 5.10 Å². The van der Waals surface area contributed by atoms with Gasteiger partial charge in [0.2, 0.25) is 5.91 Å². The molecule has 0 spiro atoms. The summed E-state index contributed by atoms with van der Waals surface area (Å²) in [7, 11) is 0. The molecule has 3 N–H and O–H groups in total. The SMILES string of the molecule is CCn1ncc(NCCOCC(N)=O)c(Cl)c1=O. The van der Waals surface area contributed by atoms with Crippen LogP contribution in [0.4, 0.5) is 5.69 Å². The number of anilines is 1. The Hall–Kier alpha value is -1.60. The molecule has 1 rings (SSSR count). The molecule has 1 amide bonds. The fourth-order valence-electron chi connectivity index (χ4n) is 1.24. The van der Waals surface area contributed by atoms with Crippen LogP contribution in [0.3, 0.4) is 0 Å². The first-order chi connectivity index (χ1) is 8.56. The molecule has 0 saturated carbocycles. The van der Waals surface area contributed by atoms with Gasteiger partial charge in [0.25, 0.3) is 5.56 Å². The van der Waals surface area contributed by atoms with Gasteiger partial charge in [-0.3, -0.25) is 9.59 Å². The van der Waals surface area contributed by atoms with Gasteiger partial charge in [-0.05, 0) is 6.92 Å². The minimum absolute atomic E-state index is 0.0850. The number of carbonyl (C=O) groups is 1. The molecule has 0 aliphatic carbocycles. The average Bonchev–Trinajstić information content (AvgIpc) is 2.33. The highest BCUT2D eigenvalue weighted by Gasteiger charge is 2.07. The third-order valence-corrected chi connectivity index (χ3v) is 2.46. The van der Waals surface area contributed by atoms with Crippen LogP contribution in [0.25, 0.3) is 0 Å². The van der Waals surface area contributed by atoms with Crippen molar-refractivity contribution in [2.45, 2.75) is 13.5 Å². The van der Waals surface area contributed by atoms with E-state index in [9.17, 15) is 9.59 Å². The van der Waals surface area contributed by atoms with Crippen molar-refractivity contribution in [3.8, 4) is 0 Å². The number of aryl methyl sites for hydroxylation is 1. The van der Waals surface area contributed by atoms with E-state index in [0.29, 0.717) is 18.8 Å². The smallest absolute Gasteiger partial charge is 0.287 e. The zero-order chi connectivity index (χ0) is 13.5. The number of nitrogens with zero attached hydrogens (tertiary/aromatic N) is 2. The summed E-state index contributed by atoms with van der Waals surface area (Å²) in [5.41, 5.74) is 5.00. The number of rotatable bonds is 7. The van der Waals surface area contributed by atoms with Crippen molar-refractivity contribution in [1.29, 1.82) is 0 Å². The van der Waals surface area contributed by atoms with Crippen molar-refractivity contribution in [2.24, 2.45) is 5.73 Å². The number of ether oxygens (including phenoxy) is 1. The molecule has 1 aromatic heterocycles. The van der Waals surface area contributed by atoms with E-state index in [1.54, 1.807) is 6.92 Å². The second-order valence-corrected chi connectivity index (χ2v) is 3.82. The Morgan fingerprint density at radius 3 is 3.00 bits per heavy atom. The van der Waals surface area contributed by atoms with Gasteiger partial charge in [-0.15, -0.1) is 0 Å². The maximum atomic E-state index is 11.6. The molecule has 0 aliphatic rings. The largest absolute Gasteiger partial charge is 0.380 e. The lowest BCUT2D eigenvalue weighted by Gasteiger charge is -2.09. The molecule has 1 heterocycles. The van der Waals surface area contributed by atoms with Crippen molar-refractivity contribution < 1.29 is 9.53 Å². The van der Waals surface area contributed by atoms with Gasteiger partial charge in [0.05, 0.1) is 18.5 Å². The third-order valence-electron chi connectivity index (χ3n) is 2.09. The second kappa shape index (κ2) is 6.97. The van der Waals surface area contributed by atoms with Crippen molar-refractivity contribution in [3.05, 3.63) is 21.6 Å². The van der Waals surface area contributed by atoms with Gasteiger partial charge >= 0.3 is 0 Å². The zero-order valence-corrected chi connectivity index (χ0v) is 10.7. The van der Waals surface area contributed by atoms with Crippen LogP contribution in [0.2, 0.25) is 5.02 Å². The summed E-state index contributed by atoms with van der Waals surface area (Å²) in [5.74, 6) is -0.528. The van der Waals surface area contributed by atoms with Crippen LogP contribution in [0.1, 0.15) is 6.92 Å². The Bertz CT molecular complexity index is 475. The Labute approximate surface area is 109 Å². The van der Waals surface area contributed by atoms with E-state index >= 15 is 0 Å². The van der Waals surface area contributed by atoms with E-state index in [4.69, 9.17) is 22.1 Å². The van der Waals surface area contributed by atoms with E-state index in [1.807, 2.05) is 0 Å². The Morgan fingerprint density at radius 1 is 1.67 bits per heavy atom. The maximum Gasteiger partial charge on any atom is 0.287 e. The number of hydrogen-bond donors (Lipinski definition) is 2. The predicted octanol–water partition coefficient (Wildman–Crippen LogP) is -0.170. The third kappa shape index (κ3) is 4.01. The fraction of sp³-hybridized carbons (Fsp3) is 0.500. The number of primary amides is 1. The van der Waals surface area contributed by atoms with E-state index in [2.05, 4.69) is 10.4 Å². The molecule has 100 valence electrons. The number of carbonyl (C=O) groups excluding carboxylic acids is 1. The lowest BCUT2D eigenvalue weighted by molar-refractivity contribution is -0.122. The minimum Gasteiger partial charge on any atom is -0.380 e. The number of amides is 1.